The van der Waals surface area contributed by atoms with E-state index in [9.17, 15) is 23.9 Å². The summed E-state index contributed by atoms with van der Waals surface area (Å²) in [5.74, 6) is -1.41. The van der Waals surface area contributed by atoms with Crippen LogP contribution in [-0.2, 0) is 19.7 Å². The van der Waals surface area contributed by atoms with E-state index in [1.54, 1.807) is 12.3 Å². The molecule has 2 aromatic heterocycles. The molecule has 1 aliphatic carbocycles. The van der Waals surface area contributed by atoms with E-state index in [0.29, 0.717) is 41.6 Å². The van der Waals surface area contributed by atoms with Gasteiger partial charge in [0.1, 0.15) is 17.9 Å². The van der Waals surface area contributed by atoms with E-state index < -0.39 is 17.6 Å². The lowest BCUT2D eigenvalue weighted by molar-refractivity contribution is 0.0696. The molecule has 3 heterocycles. The fourth-order valence-electron chi connectivity index (χ4n) is 5.74. The molecule has 1 atom stereocenters. The molecule has 8 nitrogen and oxygen atoms in total. The smallest absolute Gasteiger partial charge is 0.335 e. The van der Waals surface area contributed by atoms with E-state index >= 15 is 0 Å². The van der Waals surface area contributed by atoms with Crippen LogP contribution in [0.15, 0.2) is 48.7 Å². The monoisotopic (exact) mass is 591 g/mol. The number of hydrogen-bond acceptors (Lipinski definition) is 6. The number of nitriles is 1. The summed E-state index contributed by atoms with van der Waals surface area (Å²) in [5, 5.41) is 19.2. The van der Waals surface area contributed by atoms with Crippen LogP contribution in [-0.4, -0.2) is 43.6 Å². The van der Waals surface area contributed by atoms with Gasteiger partial charge in [0.25, 0.3) is 0 Å². The summed E-state index contributed by atoms with van der Waals surface area (Å²) in [5.41, 5.74) is 2.05. The third-order valence-electron chi connectivity index (χ3n) is 8.26. The first-order chi connectivity index (χ1) is 20.2. The van der Waals surface area contributed by atoms with Crippen molar-refractivity contribution in [3.05, 3.63) is 88.0 Å². The summed E-state index contributed by atoms with van der Waals surface area (Å²) >= 11 is 5.82. The van der Waals surface area contributed by atoms with Crippen molar-refractivity contribution in [2.45, 2.75) is 51.3 Å². The molecule has 11 heteroatoms. The minimum absolute atomic E-state index is 0.108. The van der Waals surface area contributed by atoms with Crippen molar-refractivity contribution in [2.75, 3.05) is 13.1 Å². The maximum absolute atomic E-state index is 15.0. The number of pyridine rings is 1. The molecule has 1 unspecified atom stereocenters. The van der Waals surface area contributed by atoms with Gasteiger partial charge in [0.05, 0.1) is 29.4 Å². The number of hydrogen-bond donors (Lipinski definition) is 1. The van der Waals surface area contributed by atoms with E-state index in [2.05, 4.69) is 20.9 Å². The van der Waals surface area contributed by atoms with Crippen LogP contribution >= 0.6 is 11.6 Å². The van der Waals surface area contributed by atoms with Crippen LogP contribution in [0.5, 0.6) is 5.75 Å². The van der Waals surface area contributed by atoms with Crippen LogP contribution in [0.2, 0.25) is 5.02 Å². The fourth-order valence-corrected chi connectivity index (χ4v) is 5.90. The molecule has 6 rings (SSSR count). The average molecular weight is 592 g/mol. The van der Waals surface area contributed by atoms with Crippen molar-refractivity contribution in [1.82, 2.24) is 19.4 Å². The first kappa shape index (κ1) is 28.1. The number of ether oxygens (including phenoxy) is 1. The molecule has 42 heavy (non-hydrogen) atoms. The second-order valence-electron chi connectivity index (χ2n) is 11.2. The minimum atomic E-state index is -1.20. The van der Waals surface area contributed by atoms with Gasteiger partial charge in [-0.05, 0) is 79.8 Å². The Labute approximate surface area is 246 Å². The number of aromatic nitrogens is 3. The fraction of sp³-hybridized carbons (Fsp3) is 0.355. The molecule has 2 aromatic carbocycles. The minimum Gasteiger partial charge on any atom is -0.484 e. The van der Waals surface area contributed by atoms with Gasteiger partial charge >= 0.3 is 5.97 Å². The molecule has 2 fully saturated rings. The normalized spacial score (nSPS) is 17.8. The standard InChI is InChI=1S/C31H28ClF2N5O3/c32-22-1-2-27(24(33)14-22)42-17-23-11-19(3-9-36-23)20-4-10-38(15-20)16-28-37-29-25(34)12-21(30(40)41)13-26(29)39(28)18-31(5-6-31)7-8-35/h1-3,9,11-14,20H,4-7,10,15-18H2,(H,40,41). The van der Waals surface area contributed by atoms with Crippen molar-refractivity contribution in [3.63, 3.8) is 0 Å². The van der Waals surface area contributed by atoms with Crippen LogP contribution in [0, 0.1) is 28.4 Å². The number of benzene rings is 2. The SMILES string of the molecule is N#CCC1(Cn2c(CN3CCC(c4ccnc(COc5ccc(Cl)cc5F)c4)C3)nc3c(F)cc(C(=O)O)cc32)CC1. The van der Waals surface area contributed by atoms with Crippen LogP contribution < -0.4 is 4.74 Å². The van der Waals surface area contributed by atoms with Crippen LogP contribution in [0.25, 0.3) is 11.0 Å². The number of carbonyl (C=O) groups is 1. The van der Waals surface area contributed by atoms with Gasteiger partial charge in [-0.15, -0.1) is 0 Å². The van der Waals surface area contributed by atoms with Gasteiger partial charge in [-0.2, -0.15) is 5.26 Å². The Hall–Kier alpha value is -4.07. The van der Waals surface area contributed by atoms with E-state index in [1.165, 1.54) is 18.2 Å². The number of aromatic carboxylic acids is 1. The van der Waals surface area contributed by atoms with Crippen molar-refractivity contribution >= 4 is 28.6 Å². The highest BCUT2D eigenvalue weighted by Gasteiger charge is 2.43. The average Bonchev–Trinajstić information content (AvgIpc) is 3.40. The van der Waals surface area contributed by atoms with Crippen LogP contribution in [0.4, 0.5) is 8.78 Å². The Balaban J connectivity index is 1.19. The maximum Gasteiger partial charge on any atom is 0.335 e. The number of carboxylic acids is 1. The van der Waals surface area contributed by atoms with Gasteiger partial charge in [-0.25, -0.2) is 18.6 Å². The van der Waals surface area contributed by atoms with Crippen LogP contribution in [0.1, 0.15) is 59.0 Å². The quantitative estimate of drug-likeness (QED) is 0.230. The number of nitrogens with zero attached hydrogens (tertiary/aromatic N) is 5. The summed E-state index contributed by atoms with van der Waals surface area (Å²) in [4.78, 5) is 22.9. The third kappa shape index (κ3) is 5.80. The van der Waals surface area contributed by atoms with Gasteiger partial charge in [-0.3, -0.25) is 9.88 Å². The second-order valence-corrected chi connectivity index (χ2v) is 11.7. The number of likely N-dealkylation sites (tertiary alicyclic amines) is 1. The molecular weight excluding hydrogens is 564 g/mol. The van der Waals surface area contributed by atoms with Gasteiger partial charge in [0.15, 0.2) is 17.4 Å². The highest BCUT2D eigenvalue weighted by Crippen LogP contribution is 2.50. The third-order valence-corrected chi connectivity index (χ3v) is 8.49. The zero-order valence-electron chi connectivity index (χ0n) is 22.7. The molecule has 1 saturated heterocycles. The molecule has 1 N–H and O–H groups in total. The lowest BCUT2D eigenvalue weighted by Gasteiger charge is -2.20. The zero-order chi connectivity index (χ0) is 29.4. The number of imidazole rings is 1. The Bertz CT molecular complexity index is 1710. The van der Waals surface area contributed by atoms with Crippen molar-refractivity contribution in [1.29, 1.82) is 5.26 Å². The van der Waals surface area contributed by atoms with E-state index in [1.807, 2.05) is 16.7 Å². The van der Waals surface area contributed by atoms with Crippen molar-refractivity contribution in [3.8, 4) is 11.8 Å². The Kier molecular flexibility index (Phi) is 7.56. The topological polar surface area (TPSA) is 104 Å². The largest absolute Gasteiger partial charge is 0.484 e. The summed E-state index contributed by atoms with van der Waals surface area (Å²) < 4.78 is 36.6. The maximum atomic E-state index is 15.0. The van der Waals surface area contributed by atoms with Gasteiger partial charge in [0, 0.05) is 36.1 Å². The molecule has 1 saturated carbocycles. The highest BCUT2D eigenvalue weighted by atomic mass is 35.5. The number of fused-ring (bicyclic) bond motifs is 1. The summed E-state index contributed by atoms with van der Waals surface area (Å²) in [7, 11) is 0. The van der Waals surface area contributed by atoms with Crippen LogP contribution in [0.3, 0.4) is 0 Å². The Morgan fingerprint density at radius 3 is 2.76 bits per heavy atom. The molecule has 0 radical (unpaired) electrons. The van der Waals surface area contributed by atoms with Crippen molar-refractivity contribution in [2.24, 2.45) is 5.41 Å². The molecule has 1 aliphatic heterocycles. The first-order valence-electron chi connectivity index (χ1n) is 13.8. The number of carboxylic acid groups (broad SMARTS) is 1. The molecule has 0 bridgehead atoms. The molecule has 216 valence electrons. The number of rotatable bonds is 10. The highest BCUT2D eigenvalue weighted by molar-refractivity contribution is 6.30. The molecule has 0 spiro atoms. The number of halogens is 3. The summed E-state index contributed by atoms with van der Waals surface area (Å²) in [6, 6.07) is 12.9. The second kappa shape index (κ2) is 11.3. The molecule has 2 aliphatic rings. The Morgan fingerprint density at radius 1 is 1.19 bits per heavy atom. The van der Waals surface area contributed by atoms with Crippen molar-refractivity contribution < 1.29 is 23.4 Å². The summed E-state index contributed by atoms with van der Waals surface area (Å²) in [6.07, 6.45) is 4.79. The Morgan fingerprint density at radius 2 is 2.02 bits per heavy atom. The van der Waals surface area contributed by atoms with E-state index in [4.69, 9.17) is 16.3 Å². The van der Waals surface area contributed by atoms with E-state index in [0.717, 1.165) is 44.0 Å². The van der Waals surface area contributed by atoms with Gasteiger partial charge in [-0.1, -0.05) is 11.6 Å². The lowest BCUT2D eigenvalue weighted by Crippen LogP contribution is -2.24. The first-order valence-corrected chi connectivity index (χ1v) is 14.2. The van der Waals surface area contributed by atoms with E-state index in [-0.39, 0.29) is 34.8 Å². The van der Waals surface area contributed by atoms with Gasteiger partial charge < -0.3 is 14.4 Å². The zero-order valence-corrected chi connectivity index (χ0v) is 23.4. The molecule has 4 aromatic rings. The predicted molar refractivity (Wildman–Crippen MR) is 151 cm³/mol. The lowest BCUT2D eigenvalue weighted by atomic mass is 9.99. The molecule has 0 amide bonds. The van der Waals surface area contributed by atoms with Gasteiger partial charge in [0.2, 0.25) is 0 Å². The summed E-state index contributed by atoms with van der Waals surface area (Å²) in [6.45, 7) is 2.61. The predicted octanol–water partition coefficient (Wildman–Crippen LogP) is 6.32. The molecular formula is C31H28ClF2N5O3.